The van der Waals surface area contributed by atoms with Gasteiger partial charge in [-0.15, -0.1) is 13.2 Å². The molecule has 14 heteroatoms. The number of sulfonamides is 1. The fraction of sp³-hybridized carbons (Fsp3) is 0.158. The summed E-state index contributed by atoms with van der Waals surface area (Å²) in [5, 5.41) is 6.13. The minimum Gasteiger partial charge on any atom is -0.495 e. The number of carbonyl (C=O) groups excluding carboxylic acids is 1. The average Bonchev–Trinajstić information content (AvgIpc) is 3.15. The molecule has 0 aliphatic rings. The Labute approximate surface area is 191 Å². The summed E-state index contributed by atoms with van der Waals surface area (Å²) in [4.78, 5) is 12.0. The first-order chi connectivity index (χ1) is 15.4. The fourth-order valence-electron chi connectivity index (χ4n) is 2.74. The van der Waals surface area contributed by atoms with Crippen LogP contribution in [0.3, 0.4) is 0 Å². The second-order valence-corrected chi connectivity index (χ2v) is 8.52. The molecule has 0 aliphatic heterocycles. The van der Waals surface area contributed by atoms with E-state index >= 15 is 0 Å². The molecular weight excluding hydrogens is 489 g/mol. The van der Waals surface area contributed by atoms with Gasteiger partial charge in [-0.3, -0.25) is 14.2 Å². The number of rotatable bonds is 7. The Morgan fingerprint density at radius 3 is 2.36 bits per heavy atom. The number of hydrogen-bond acceptors (Lipinski definition) is 6. The van der Waals surface area contributed by atoms with E-state index in [0.717, 1.165) is 18.2 Å². The van der Waals surface area contributed by atoms with Crippen molar-refractivity contribution < 1.29 is 35.9 Å². The van der Waals surface area contributed by atoms with Crippen LogP contribution >= 0.6 is 11.6 Å². The van der Waals surface area contributed by atoms with Crippen LogP contribution in [0, 0.1) is 0 Å². The largest absolute Gasteiger partial charge is 0.573 e. The lowest BCUT2D eigenvalue weighted by atomic mass is 10.3. The first kappa shape index (κ1) is 24.2. The van der Waals surface area contributed by atoms with Gasteiger partial charge in [0.25, 0.3) is 15.9 Å². The summed E-state index contributed by atoms with van der Waals surface area (Å²) < 4.78 is 75.7. The number of benzene rings is 2. The zero-order valence-electron chi connectivity index (χ0n) is 17.0. The summed E-state index contributed by atoms with van der Waals surface area (Å²) in [5.74, 6) is -1.38. The molecule has 9 nitrogen and oxygen atoms in total. The van der Waals surface area contributed by atoms with E-state index in [9.17, 15) is 26.4 Å². The average molecular weight is 505 g/mol. The normalized spacial score (nSPS) is 11.7. The Morgan fingerprint density at radius 2 is 1.76 bits per heavy atom. The van der Waals surface area contributed by atoms with Gasteiger partial charge in [-0.1, -0.05) is 11.6 Å². The van der Waals surface area contributed by atoms with E-state index in [1.807, 2.05) is 0 Å². The van der Waals surface area contributed by atoms with E-state index in [-0.39, 0.29) is 32.7 Å². The Kier molecular flexibility index (Phi) is 6.74. The molecule has 3 rings (SSSR count). The number of methoxy groups -OCH3 is 1. The van der Waals surface area contributed by atoms with Crippen molar-refractivity contribution in [2.45, 2.75) is 11.3 Å². The third kappa shape index (κ3) is 5.87. The van der Waals surface area contributed by atoms with Gasteiger partial charge in [0.15, 0.2) is 0 Å². The molecule has 1 amide bonds. The summed E-state index contributed by atoms with van der Waals surface area (Å²) in [6, 6.07) is 8.28. The topological polar surface area (TPSA) is 112 Å². The van der Waals surface area contributed by atoms with Crippen LogP contribution in [0.1, 0.15) is 10.5 Å². The van der Waals surface area contributed by atoms with Crippen molar-refractivity contribution in [3.63, 3.8) is 0 Å². The van der Waals surface area contributed by atoms with Crippen LogP contribution in [0.25, 0.3) is 0 Å². The summed E-state index contributed by atoms with van der Waals surface area (Å²) in [6.07, 6.45) is -3.57. The highest BCUT2D eigenvalue weighted by Gasteiger charge is 2.32. The van der Waals surface area contributed by atoms with Crippen LogP contribution in [0.15, 0.2) is 53.6 Å². The quantitative estimate of drug-likeness (QED) is 0.502. The molecule has 0 saturated carbocycles. The molecule has 1 aromatic heterocycles. The molecule has 2 N–H and O–H groups in total. The van der Waals surface area contributed by atoms with Crippen molar-refractivity contribution in [1.29, 1.82) is 0 Å². The van der Waals surface area contributed by atoms with Crippen molar-refractivity contribution in [2.75, 3.05) is 17.1 Å². The van der Waals surface area contributed by atoms with Crippen molar-refractivity contribution in [1.82, 2.24) is 9.78 Å². The molecule has 0 fully saturated rings. The lowest BCUT2D eigenvalue weighted by Gasteiger charge is -2.15. The van der Waals surface area contributed by atoms with E-state index < -0.39 is 28.0 Å². The minimum absolute atomic E-state index is 0.119. The number of anilines is 2. The number of nitrogens with one attached hydrogen (secondary N) is 2. The number of ether oxygens (including phenoxy) is 2. The Hall–Kier alpha value is -3.45. The summed E-state index contributed by atoms with van der Waals surface area (Å²) in [6.45, 7) is 0. The number of aromatic nitrogens is 2. The lowest BCUT2D eigenvalue weighted by Crippen LogP contribution is -2.18. The fourth-order valence-corrected chi connectivity index (χ4v) is 4.10. The number of amides is 1. The van der Waals surface area contributed by atoms with Crippen LogP contribution < -0.4 is 19.5 Å². The third-order valence-electron chi connectivity index (χ3n) is 4.17. The standard InChI is InChI=1S/C19H16ClF3N4O5S/c1-27-14(7-8-24-27)18(28)25-11-4-6-17(16(9-11)31-2)33(29,30)26-12-3-5-13(20)15(10-12)32-19(21,22)23/h3-10,26H,1-2H3,(H,25,28). The van der Waals surface area contributed by atoms with E-state index in [1.165, 1.54) is 42.3 Å². The van der Waals surface area contributed by atoms with Crippen molar-refractivity contribution in [3.05, 3.63) is 59.4 Å². The molecule has 0 aliphatic carbocycles. The number of carbonyl (C=O) groups is 1. The van der Waals surface area contributed by atoms with Gasteiger partial charge in [0, 0.05) is 31.1 Å². The molecule has 0 unspecified atom stereocenters. The molecule has 33 heavy (non-hydrogen) atoms. The maximum absolute atomic E-state index is 12.8. The molecule has 3 aromatic rings. The van der Waals surface area contributed by atoms with Crippen LogP contribution in [0.5, 0.6) is 11.5 Å². The van der Waals surface area contributed by atoms with Gasteiger partial charge in [-0.05, 0) is 30.3 Å². The summed E-state index contributed by atoms with van der Waals surface area (Å²) in [5.41, 5.74) is 0.283. The SMILES string of the molecule is COc1cc(NC(=O)c2ccnn2C)ccc1S(=O)(=O)Nc1ccc(Cl)c(OC(F)(F)F)c1. The van der Waals surface area contributed by atoms with Crippen LogP contribution in [0.2, 0.25) is 5.02 Å². The van der Waals surface area contributed by atoms with Gasteiger partial charge < -0.3 is 14.8 Å². The van der Waals surface area contributed by atoms with Crippen LogP contribution in [0.4, 0.5) is 24.5 Å². The van der Waals surface area contributed by atoms with Gasteiger partial charge in [-0.25, -0.2) is 8.42 Å². The molecule has 2 aromatic carbocycles. The van der Waals surface area contributed by atoms with Crippen molar-refractivity contribution >= 4 is 38.9 Å². The number of halogens is 4. The molecule has 0 atom stereocenters. The maximum Gasteiger partial charge on any atom is 0.573 e. The number of alkyl halides is 3. The van der Waals surface area contributed by atoms with Gasteiger partial charge in [0.2, 0.25) is 0 Å². The summed E-state index contributed by atoms with van der Waals surface area (Å²) >= 11 is 5.68. The molecule has 0 spiro atoms. The zero-order chi connectivity index (χ0) is 24.4. The third-order valence-corrected chi connectivity index (χ3v) is 5.91. The van der Waals surface area contributed by atoms with Crippen LogP contribution in [-0.2, 0) is 17.1 Å². The zero-order valence-corrected chi connectivity index (χ0v) is 18.5. The number of nitrogens with zero attached hydrogens (tertiary/aromatic N) is 2. The summed E-state index contributed by atoms with van der Waals surface area (Å²) in [7, 11) is -1.50. The predicted octanol–water partition coefficient (Wildman–Crippen LogP) is 4.03. The monoisotopic (exact) mass is 504 g/mol. The molecule has 0 bridgehead atoms. The second-order valence-electron chi connectivity index (χ2n) is 6.46. The van der Waals surface area contributed by atoms with Gasteiger partial charge >= 0.3 is 6.36 Å². The van der Waals surface area contributed by atoms with Gasteiger partial charge in [0.1, 0.15) is 22.1 Å². The first-order valence-corrected chi connectivity index (χ1v) is 10.8. The minimum atomic E-state index is -5.01. The van der Waals surface area contributed by atoms with E-state index in [4.69, 9.17) is 16.3 Å². The lowest BCUT2D eigenvalue weighted by molar-refractivity contribution is -0.274. The van der Waals surface area contributed by atoms with E-state index in [1.54, 1.807) is 7.05 Å². The van der Waals surface area contributed by atoms with Gasteiger partial charge in [-0.2, -0.15) is 5.10 Å². The molecule has 1 heterocycles. The van der Waals surface area contributed by atoms with E-state index in [0.29, 0.717) is 0 Å². The number of aryl methyl sites for hydroxylation is 1. The van der Waals surface area contributed by atoms with Gasteiger partial charge in [0.05, 0.1) is 17.8 Å². The first-order valence-electron chi connectivity index (χ1n) is 8.95. The van der Waals surface area contributed by atoms with E-state index in [2.05, 4.69) is 19.9 Å². The molecule has 0 saturated heterocycles. The Morgan fingerprint density at radius 1 is 1.09 bits per heavy atom. The molecule has 0 radical (unpaired) electrons. The Bertz CT molecular complexity index is 1290. The van der Waals surface area contributed by atoms with Crippen LogP contribution in [-0.4, -0.2) is 37.6 Å². The molecular formula is C19H16ClF3N4O5S. The predicted molar refractivity (Wildman–Crippen MR) is 113 cm³/mol. The van der Waals surface area contributed by atoms with Crippen molar-refractivity contribution in [2.24, 2.45) is 7.05 Å². The van der Waals surface area contributed by atoms with Crippen molar-refractivity contribution in [3.8, 4) is 11.5 Å². The highest BCUT2D eigenvalue weighted by atomic mass is 35.5. The smallest absolute Gasteiger partial charge is 0.495 e. The maximum atomic E-state index is 12.8. The second kappa shape index (κ2) is 9.19. The Balaban J connectivity index is 1.85. The number of hydrogen-bond donors (Lipinski definition) is 2. The highest BCUT2D eigenvalue weighted by Crippen LogP contribution is 2.34. The molecule has 176 valence electrons. The highest BCUT2D eigenvalue weighted by molar-refractivity contribution is 7.92.